The third-order valence-corrected chi connectivity index (χ3v) is 5.40. The maximum Gasteiger partial charge on any atom is 0.229 e. The van der Waals surface area contributed by atoms with Crippen LogP contribution in [-0.2, 0) is 4.79 Å². The Bertz CT molecular complexity index is 834. The molecule has 27 heavy (non-hydrogen) atoms. The van der Waals surface area contributed by atoms with Gasteiger partial charge in [-0.15, -0.1) is 11.6 Å². The molecule has 0 unspecified atom stereocenters. The molecule has 0 spiro atoms. The Hall–Kier alpha value is -2.21. The molecule has 0 atom stereocenters. The number of piperazine rings is 1. The molecule has 2 heterocycles. The molecule has 1 aromatic carbocycles. The molecule has 7 heteroatoms. The molecule has 3 rings (SSSR count). The molecule has 1 fully saturated rings. The van der Waals surface area contributed by atoms with E-state index in [2.05, 4.69) is 14.9 Å². The number of rotatable bonds is 4. The second-order valence-corrected chi connectivity index (χ2v) is 7.77. The minimum absolute atomic E-state index is 0.0801. The first-order chi connectivity index (χ1) is 12.8. The van der Waals surface area contributed by atoms with Gasteiger partial charge in [-0.1, -0.05) is 12.1 Å². The molecule has 1 amide bonds. The Morgan fingerprint density at radius 3 is 2.52 bits per heavy atom. The highest BCUT2D eigenvalue weighted by atomic mass is 35.5. The average Bonchev–Trinajstić information content (AvgIpc) is 2.67. The molecule has 0 radical (unpaired) electrons. The van der Waals surface area contributed by atoms with Gasteiger partial charge in [0.1, 0.15) is 11.6 Å². The molecule has 0 aliphatic carbocycles. The standard InChI is InChI=1S/C20H24ClFN4O/c1-14-11-17(24-18(23-14)15-5-4-6-16(22)12-15)25-7-9-26(10-8-25)19(27)20(2,3)13-21/h4-6,11-12H,7-10,13H2,1-3H3. The van der Waals surface area contributed by atoms with Crippen molar-refractivity contribution in [2.75, 3.05) is 37.0 Å². The second kappa shape index (κ2) is 7.80. The number of carbonyl (C=O) groups excluding carboxylic acids is 1. The second-order valence-electron chi connectivity index (χ2n) is 7.50. The van der Waals surface area contributed by atoms with Crippen molar-refractivity contribution >= 4 is 23.3 Å². The number of hydrogen-bond donors (Lipinski definition) is 0. The van der Waals surface area contributed by atoms with Gasteiger partial charge in [-0.05, 0) is 32.9 Å². The minimum atomic E-state index is -0.556. The van der Waals surface area contributed by atoms with Crippen LogP contribution >= 0.6 is 11.6 Å². The maximum absolute atomic E-state index is 13.5. The van der Waals surface area contributed by atoms with Crippen molar-refractivity contribution in [2.24, 2.45) is 5.41 Å². The van der Waals surface area contributed by atoms with Crippen LogP contribution in [0.15, 0.2) is 30.3 Å². The summed E-state index contributed by atoms with van der Waals surface area (Å²) < 4.78 is 13.5. The van der Waals surface area contributed by atoms with E-state index in [0.29, 0.717) is 43.4 Å². The van der Waals surface area contributed by atoms with Crippen molar-refractivity contribution in [1.82, 2.24) is 14.9 Å². The van der Waals surface area contributed by atoms with Gasteiger partial charge in [0, 0.05) is 49.4 Å². The van der Waals surface area contributed by atoms with Gasteiger partial charge in [0.2, 0.25) is 5.91 Å². The highest BCUT2D eigenvalue weighted by Gasteiger charge is 2.33. The highest BCUT2D eigenvalue weighted by Crippen LogP contribution is 2.24. The number of amides is 1. The van der Waals surface area contributed by atoms with E-state index >= 15 is 0 Å². The normalized spacial score (nSPS) is 15.1. The van der Waals surface area contributed by atoms with Crippen LogP contribution in [0, 0.1) is 18.2 Å². The first-order valence-electron chi connectivity index (χ1n) is 9.02. The van der Waals surface area contributed by atoms with Crippen LogP contribution in [-0.4, -0.2) is 52.8 Å². The number of nitrogens with zero attached hydrogens (tertiary/aromatic N) is 4. The summed E-state index contributed by atoms with van der Waals surface area (Å²) in [7, 11) is 0. The lowest BCUT2D eigenvalue weighted by atomic mass is 9.94. The number of halogens is 2. The van der Waals surface area contributed by atoms with Gasteiger partial charge in [-0.2, -0.15) is 0 Å². The SMILES string of the molecule is Cc1cc(N2CCN(C(=O)C(C)(C)CCl)CC2)nc(-c2cccc(F)c2)n1. The van der Waals surface area contributed by atoms with Crippen LogP contribution in [0.1, 0.15) is 19.5 Å². The number of hydrogen-bond acceptors (Lipinski definition) is 4. The monoisotopic (exact) mass is 390 g/mol. The van der Waals surface area contributed by atoms with Gasteiger partial charge < -0.3 is 9.80 Å². The zero-order valence-electron chi connectivity index (χ0n) is 15.9. The van der Waals surface area contributed by atoms with Gasteiger partial charge in [-0.25, -0.2) is 14.4 Å². The predicted molar refractivity (Wildman–Crippen MR) is 105 cm³/mol. The van der Waals surface area contributed by atoms with Crippen molar-refractivity contribution in [1.29, 1.82) is 0 Å². The van der Waals surface area contributed by atoms with Gasteiger partial charge in [0.15, 0.2) is 5.82 Å². The summed E-state index contributed by atoms with van der Waals surface area (Å²) in [5.74, 6) is 1.37. The number of alkyl halides is 1. The molecule has 5 nitrogen and oxygen atoms in total. The van der Waals surface area contributed by atoms with Gasteiger partial charge in [0.05, 0.1) is 5.41 Å². The van der Waals surface area contributed by atoms with Crippen molar-refractivity contribution in [3.63, 3.8) is 0 Å². The van der Waals surface area contributed by atoms with Crippen LogP contribution in [0.4, 0.5) is 10.2 Å². The fourth-order valence-corrected chi connectivity index (χ4v) is 3.21. The summed E-state index contributed by atoms with van der Waals surface area (Å²) in [6, 6.07) is 8.21. The molecule has 1 aliphatic heterocycles. The van der Waals surface area contributed by atoms with Crippen LogP contribution in [0.25, 0.3) is 11.4 Å². The zero-order valence-corrected chi connectivity index (χ0v) is 16.6. The summed E-state index contributed by atoms with van der Waals surface area (Å²) in [6.07, 6.45) is 0. The lowest BCUT2D eigenvalue weighted by Crippen LogP contribution is -2.52. The molecule has 0 bridgehead atoms. The van der Waals surface area contributed by atoms with E-state index in [1.165, 1.54) is 12.1 Å². The molecule has 0 saturated carbocycles. The van der Waals surface area contributed by atoms with Crippen LogP contribution in [0.2, 0.25) is 0 Å². The summed E-state index contributed by atoms with van der Waals surface area (Å²) >= 11 is 5.93. The molecule has 144 valence electrons. The molecule has 0 N–H and O–H groups in total. The Balaban J connectivity index is 1.76. The molecular formula is C20H24ClFN4O. The summed E-state index contributed by atoms with van der Waals surface area (Å²) in [4.78, 5) is 25.6. The lowest BCUT2D eigenvalue weighted by molar-refractivity contribution is -0.139. The van der Waals surface area contributed by atoms with E-state index in [0.717, 1.165) is 11.5 Å². The third kappa shape index (κ3) is 4.38. The largest absolute Gasteiger partial charge is 0.353 e. The van der Waals surface area contributed by atoms with Gasteiger partial charge in [-0.3, -0.25) is 4.79 Å². The quantitative estimate of drug-likeness (QED) is 0.750. The lowest BCUT2D eigenvalue weighted by Gasteiger charge is -2.38. The van der Waals surface area contributed by atoms with E-state index in [1.54, 1.807) is 12.1 Å². The van der Waals surface area contributed by atoms with E-state index in [4.69, 9.17) is 11.6 Å². The molecule has 2 aromatic rings. The molecular weight excluding hydrogens is 367 g/mol. The number of aryl methyl sites for hydroxylation is 1. The van der Waals surface area contributed by atoms with Crippen LogP contribution in [0.5, 0.6) is 0 Å². The van der Waals surface area contributed by atoms with Crippen molar-refractivity contribution in [2.45, 2.75) is 20.8 Å². The van der Waals surface area contributed by atoms with Crippen LogP contribution < -0.4 is 4.90 Å². The smallest absolute Gasteiger partial charge is 0.229 e. The van der Waals surface area contributed by atoms with E-state index in [-0.39, 0.29) is 11.7 Å². The van der Waals surface area contributed by atoms with E-state index in [1.807, 2.05) is 31.7 Å². The zero-order chi connectivity index (χ0) is 19.6. The Labute approximate surface area is 164 Å². The first kappa shape index (κ1) is 19.5. The number of carbonyl (C=O) groups is 1. The average molecular weight is 391 g/mol. The third-order valence-electron chi connectivity index (χ3n) is 4.73. The molecule has 1 aliphatic rings. The highest BCUT2D eigenvalue weighted by molar-refractivity contribution is 6.19. The number of benzene rings is 1. The maximum atomic E-state index is 13.5. The van der Waals surface area contributed by atoms with Crippen molar-refractivity contribution in [3.8, 4) is 11.4 Å². The summed E-state index contributed by atoms with van der Waals surface area (Å²) in [6.45, 7) is 8.25. The summed E-state index contributed by atoms with van der Waals surface area (Å²) in [5.41, 5.74) is 0.915. The number of anilines is 1. The van der Waals surface area contributed by atoms with Crippen molar-refractivity contribution < 1.29 is 9.18 Å². The van der Waals surface area contributed by atoms with Crippen LogP contribution in [0.3, 0.4) is 0 Å². The van der Waals surface area contributed by atoms with Gasteiger partial charge in [0.25, 0.3) is 0 Å². The van der Waals surface area contributed by atoms with Crippen molar-refractivity contribution in [3.05, 3.63) is 41.8 Å². The van der Waals surface area contributed by atoms with E-state index in [9.17, 15) is 9.18 Å². The van der Waals surface area contributed by atoms with Gasteiger partial charge >= 0.3 is 0 Å². The fourth-order valence-electron chi connectivity index (χ4n) is 3.09. The molecule has 1 aromatic heterocycles. The Morgan fingerprint density at radius 1 is 1.19 bits per heavy atom. The number of aromatic nitrogens is 2. The topological polar surface area (TPSA) is 49.3 Å². The summed E-state index contributed by atoms with van der Waals surface area (Å²) in [5, 5.41) is 0. The Kier molecular flexibility index (Phi) is 5.65. The first-order valence-corrected chi connectivity index (χ1v) is 9.55. The predicted octanol–water partition coefficient (Wildman–Crippen LogP) is 3.50. The Morgan fingerprint density at radius 2 is 1.89 bits per heavy atom. The minimum Gasteiger partial charge on any atom is -0.353 e. The fraction of sp³-hybridized carbons (Fsp3) is 0.450. The van der Waals surface area contributed by atoms with E-state index < -0.39 is 5.41 Å². The molecule has 1 saturated heterocycles.